The minimum Gasteiger partial charge on any atom is -0.341 e. The summed E-state index contributed by atoms with van der Waals surface area (Å²) in [5.74, 6) is 0.221. The van der Waals surface area contributed by atoms with Crippen LogP contribution in [-0.2, 0) is 4.79 Å². The summed E-state index contributed by atoms with van der Waals surface area (Å²) in [5, 5.41) is 7.76. The minimum absolute atomic E-state index is 0.137. The van der Waals surface area contributed by atoms with Crippen molar-refractivity contribution in [3.05, 3.63) is 18.0 Å². The normalized spacial score (nSPS) is 19.9. The molecule has 0 unspecified atom stereocenters. The fraction of sp³-hybridized carbons (Fsp3) is 0.733. The summed E-state index contributed by atoms with van der Waals surface area (Å²) in [5.41, 5.74) is 1.16. The van der Waals surface area contributed by atoms with Gasteiger partial charge in [0.2, 0.25) is 5.91 Å². The van der Waals surface area contributed by atoms with Crippen molar-refractivity contribution in [2.24, 2.45) is 0 Å². The molecule has 5 nitrogen and oxygen atoms in total. The van der Waals surface area contributed by atoms with E-state index in [1.165, 1.54) is 0 Å². The largest absolute Gasteiger partial charge is 0.341 e. The van der Waals surface area contributed by atoms with Gasteiger partial charge in [0.15, 0.2) is 0 Å². The molecule has 0 aliphatic carbocycles. The van der Waals surface area contributed by atoms with Gasteiger partial charge in [-0.05, 0) is 46.1 Å². The van der Waals surface area contributed by atoms with E-state index in [1.807, 2.05) is 35.8 Å². The van der Waals surface area contributed by atoms with E-state index in [2.05, 4.69) is 24.3 Å². The Labute approximate surface area is 121 Å². The Hall–Kier alpha value is -1.36. The zero-order valence-corrected chi connectivity index (χ0v) is 13.0. The zero-order valence-electron chi connectivity index (χ0n) is 13.0. The van der Waals surface area contributed by atoms with Gasteiger partial charge in [-0.3, -0.25) is 9.48 Å². The molecule has 1 aromatic heterocycles. The molecule has 2 rings (SSSR count). The molecule has 1 fully saturated rings. The molecule has 1 aliphatic heterocycles. The molecule has 1 saturated heterocycles. The number of carbonyl (C=O) groups excluding carboxylic acids is 1. The summed E-state index contributed by atoms with van der Waals surface area (Å²) in [6.45, 7) is 10.0. The van der Waals surface area contributed by atoms with Crippen LogP contribution in [0.5, 0.6) is 0 Å². The zero-order chi connectivity index (χ0) is 14.7. The predicted octanol–water partition coefficient (Wildman–Crippen LogP) is 1.74. The molecular weight excluding hydrogens is 252 g/mol. The molecule has 3 atom stereocenters. The quantitative estimate of drug-likeness (QED) is 0.892. The van der Waals surface area contributed by atoms with Crippen molar-refractivity contribution in [2.75, 3.05) is 13.1 Å². The van der Waals surface area contributed by atoms with Crippen molar-refractivity contribution in [3.63, 3.8) is 0 Å². The Bertz CT molecular complexity index is 450. The molecule has 0 aromatic carbocycles. The second-order valence-corrected chi connectivity index (χ2v) is 5.95. The number of nitrogens with zero attached hydrogens (tertiary/aromatic N) is 3. The molecule has 0 bridgehead atoms. The number of aryl methyl sites for hydroxylation is 1. The van der Waals surface area contributed by atoms with Crippen LogP contribution in [0.25, 0.3) is 0 Å². The van der Waals surface area contributed by atoms with Crippen molar-refractivity contribution < 1.29 is 4.79 Å². The van der Waals surface area contributed by atoms with Crippen LogP contribution >= 0.6 is 0 Å². The fourth-order valence-electron chi connectivity index (χ4n) is 2.70. The minimum atomic E-state index is -0.137. The van der Waals surface area contributed by atoms with E-state index in [0.29, 0.717) is 0 Å². The van der Waals surface area contributed by atoms with E-state index in [0.717, 1.165) is 31.5 Å². The van der Waals surface area contributed by atoms with Gasteiger partial charge >= 0.3 is 0 Å². The van der Waals surface area contributed by atoms with E-state index >= 15 is 0 Å². The van der Waals surface area contributed by atoms with Crippen LogP contribution in [0.1, 0.15) is 45.2 Å². The average Bonchev–Trinajstić information content (AvgIpc) is 3.07. The molecule has 1 amide bonds. The van der Waals surface area contributed by atoms with Crippen molar-refractivity contribution in [3.8, 4) is 0 Å². The number of rotatable bonds is 5. The van der Waals surface area contributed by atoms with Crippen LogP contribution in [-0.4, -0.2) is 45.8 Å². The molecule has 112 valence electrons. The summed E-state index contributed by atoms with van der Waals surface area (Å²) < 4.78 is 1.96. The molecule has 1 aromatic rings. The summed E-state index contributed by atoms with van der Waals surface area (Å²) in [4.78, 5) is 14.3. The summed E-state index contributed by atoms with van der Waals surface area (Å²) in [6.07, 6.45) is 6.17. The number of hydrogen-bond donors (Lipinski definition) is 1. The van der Waals surface area contributed by atoms with Crippen molar-refractivity contribution in [1.82, 2.24) is 20.0 Å². The first-order chi connectivity index (χ1) is 9.49. The van der Waals surface area contributed by atoms with Crippen molar-refractivity contribution in [2.45, 2.75) is 58.7 Å². The van der Waals surface area contributed by atoms with Gasteiger partial charge in [-0.1, -0.05) is 0 Å². The van der Waals surface area contributed by atoms with Gasteiger partial charge in [-0.25, -0.2) is 0 Å². The van der Waals surface area contributed by atoms with Crippen molar-refractivity contribution >= 4 is 5.91 Å². The maximum Gasteiger partial charge on any atom is 0.239 e. The molecule has 0 spiro atoms. The highest BCUT2D eigenvalue weighted by Gasteiger charge is 2.25. The number of amides is 1. The van der Waals surface area contributed by atoms with Crippen LogP contribution in [0.2, 0.25) is 0 Å². The third kappa shape index (κ3) is 3.39. The van der Waals surface area contributed by atoms with E-state index in [-0.39, 0.29) is 24.0 Å². The molecule has 2 heterocycles. The maximum absolute atomic E-state index is 12.3. The van der Waals surface area contributed by atoms with Crippen LogP contribution in [0.3, 0.4) is 0 Å². The molecule has 5 heteroatoms. The van der Waals surface area contributed by atoms with E-state index in [4.69, 9.17) is 0 Å². The summed E-state index contributed by atoms with van der Waals surface area (Å²) in [6, 6.07) is 0.274. The van der Waals surface area contributed by atoms with Crippen molar-refractivity contribution in [1.29, 1.82) is 0 Å². The fourth-order valence-corrected chi connectivity index (χ4v) is 2.70. The topological polar surface area (TPSA) is 50.2 Å². The second kappa shape index (κ2) is 6.39. The first-order valence-electron chi connectivity index (χ1n) is 7.54. The summed E-state index contributed by atoms with van der Waals surface area (Å²) >= 11 is 0. The lowest BCUT2D eigenvalue weighted by Crippen LogP contribution is -2.48. The third-order valence-corrected chi connectivity index (χ3v) is 4.17. The molecule has 1 aliphatic rings. The van der Waals surface area contributed by atoms with Crippen LogP contribution < -0.4 is 5.32 Å². The SMILES string of the molecule is Cc1cnn([C@H](C)[C@@H](C)N[C@H](C)C(=O)N2CCCC2)c1. The van der Waals surface area contributed by atoms with Gasteiger partial charge < -0.3 is 10.2 Å². The lowest BCUT2D eigenvalue weighted by molar-refractivity contribution is -0.132. The van der Waals surface area contributed by atoms with Gasteiger partial charge in [-0.15, -0.1) is 0 Å². The number of carbonyl (C=O) groups is 1. The van der Waals surface area contributed by atoms with Gasteiger partial charge in [0.05, 0.1) is 18.3 Å². The number of aromatic nitrogens is 2. The first-order valence-corrected chi connectivity index (χ1v) is 7.54. The predicted molar refractivity (Wildman–Crippen MR) is 79.5 cm³/mol. The van der Waals surface area contributed by atoms with E-state index < -0.39 is 0 Å². The highest BCUT2D eigenvalue weighted by molar-refractivity contribution is 5.81. The maximum atomic E-state index is 12.3. The first kappa shape index (κ1) is 15.0. The summed E-state index contributed by atoms with van der Waals surface area (Å²) in [7, 11) is 0. The molecular formula is C15H26N4O. The van der Waals surface area contributed by atoms with Crippen LogP contribution in [0.4, 0.5) is 0 Å². The second-order valence-electron chi connectivity index (χ2n) is 5.95. The monoisotopic (exact) mass is 278 g/mol. The van der Waals surface area contributed by atoms with E-state index in [9.17, 15) is 4.79 Å². The molecule has 20 heavy (non-hydrogen) atoms. The number of likely N-dealkylation sites (tertiary alicyclic amines) is 1. The van der Waals surface area contributed by atoms with Crippen LogP contribution in [0, 0.1) is 6.92 Å². The number of hydrogen-bond acceptors (Lipinski definition) is 3. The lowest BCUT2D eigenvalue weighted by atomic mass is 10.1. The Morgan fingerprint density at radius 2 is 1.95 bits per heavy atom. The molecule has 0 radical (unpaired) electrons. The van der Waals surface area contributed by atoms with Gasteiger partial charge in [0.25, 0.3) is 0 Å². The Morgan fingerprint density at radius 3 is 2.50 bits per heavy atom. The standard InChI is InChI=1S/C15H26N4O/c1-11-9-16-19(10-11)14(4)12(2)17-13(3)15(20)18-7-5-6-8-18/h9-10,12-14,17H,5-8H2,1-4H3/t12-,13-,14-/m1/s1. The average molecular weight is 278 g/mol. The van der Waals surface area contributed by atoms with Gasteiger partial charge in [0, 0.05) is 25.3 Å². The van der Waals surface area contributed by atoms with Crippen LogP contribution in [0.15, 0.2) is 12.4 Å². The molecule has 0 saturated carbocycles. The van der Waals surface area contributed by atoms with Gasteiger partial charge in [-0.2, -0.15) is 5.10 Å². The van der Waals surface area contributed by atoms with E-state index in [1.54, 1.807) is 0 Å². The Balaban J connectivity index is 1.89. The Morgan fingerprint density at radius 1 is 1.30 bits per heavy atom. The highest BCUT2D eigenvalue weighted by Crippen LogP contribution is 2.13. The smallest absolute Gasteiger partial charge is 0.239 e. The highest BCUT2D eigenvalue weighted by atomic mass is 16.2. The third-order valence-electron chi connectivity index (χ3n) is 4.17. The Kier molecular flexibility index (Phi) is 4.81. The molecule has 1 N–H and O–H groups in total. The number of nitrogens with one attached hydrogen (secondary N) is 1. The lowest BCUT2D eigenvalue weighted by Gasteiger charge is -2.27. The van der Waals surface area contributed by atoms with Gasteiger partial charge in [0.1, 0.15) is 0 Å².